The topological polar surface area (TPSA) is 39.7 Å². The maximum atomic E-state index is 5.82. The fraction of sp³-hybridized carbons (Fsp3) is 0.400. The van der Waals surface area contributed by atoms with Crippen LogP contribution < -0.4 is 19.5 Å². The molecule has 4 nitrogen and oxygen atoms in total. The van der Waals surface area contributed by atoms with Crippen LogP contribution in [0.1, 0.15) is 30.0 Å². The quantitative estimate of drug-likeness (QED) is 0.879. The van der Waals surface area contributed by atoms with Gasteiger partial charge < -0.3 is 19.5 Å². The summed E-state index contributed by atoms with van der Waals surface area (Å²) in [6.07, 6.45) is 2.58. The first-order valence-corrected chi connectivity index (χ1v) is 8.60. The molecule has 4 rings (SSSR count). The van der Waals surface area contributed by atoms with Crippen LogP contribution >= 0.6 is 0 Å². The molecule has 0 spiro atoms. The molecule has 1 heterocycles. The van der Waals surface area contributed by atoms with E-state index in [-0.39, 0.29) is 0 Å². The maximum absolute atomic E-state index is 5.82. The summed E-state index contributed by atoms with van der Waals surface area (Å²) in [5.41, 5.74) is 2.48. The number of fused-ring (bicyclic) bond motifs is 1. The molecular formula is C20H23NO3. The number of nitrogens with one attached hydrogen (secondary N) is 1. The zero-order valence-electron chi connectivity index (χ0n) is 14.0. The number of hydrogen-bond donors (Lipinski definition) is 1. The summed E-state index contributed by atoms with van der Waals surface area (Å²) in [5.74, 6) is 3.36. The molecule has 1 aliphatic carbocycles. The Balaban J connectivity index is 1.50. The van der Waals surface area contributed by atoms with Gasteiger partial charge in [0.15, 0.2) is 11.5 Å². The molecule has 126 valence electrons. The first-order chi connectivity index (χ1) is 11.8. The van der Waals surface area contributed by atoms with Gasteiger partial charge in [-0.05, 0) is 42.5 Å². The average Bonchev–Trinajstić information content (AvgIpc) is 3.48. The zero-order chi connectivity index (χ0) is 16.4. The van der Waals surface area contributed by atoms with E-state index in [2.05, 4.69) is 23.5 Å². The van der Waals surface area contributed by atoms with E-state index in [1.165, 1.54) is 18.4 Å². The Morgan fingerprint density at radius 2 is 1.88 bits per heavy atom. The number of methoxy groups -OCH3 is 1. The molecule has 2 aromatic carbocycles. The second-order valence-electron chi connectivity index (χ2n) is 6.41. The lowest BCUT2D eigenvalue weighted by Crippen LogP contribution is -2.24. The fourth-order valence-electron chi connectivity index (χ4n) is 3.29. The number of hydrogen-bond acceptors (Lipinski definition) is 4. The zero-order valence-corrected chi connectivity index (χ0v) is 14.0. The summed E-state index contributed by atoms with van der Waals surface area (Å²) >= 11 is 0. The van der Waals surface area contributed by atoms with Gasteiger partial charge >= 0.3 is 0 Å². The molecule has 24 heavy (non-hydrogen) atoms. The van der Waals surface area contributed by atoms with Gasteiger partial charge in [0.1, 0.15) is 19.0 Å². The molecule has 1 N–H and O–H groups in total. The van der Waals surface area contributed by atoms with E-state index in [9.17, 15) is 0 Å². The third-order valence-corrected chi connectivity index (χ3v) is 4.73. The highest BCUT2D eigenvalue weighted by Crippen LogP contribution is 2.42. The average molecular weight is 325 g/mol. The standard InChI is InChI=1S/C20H23NO3/c1-22-17-9-7-15(8-10-17)19(14-5-6-14)21-13-16-3-2-4-18-20(16)24-12-11-23-18/h2-4,7-10,14,19,21H,5-6,11-13H2,1H3. The van der Waals surface area contributed by atoms with Gasteiger partial charge in [0.25, 0.3) is 0 Å². The van der Waals surface area contributed by atoms with Crippen molar-refractivity contribution in [2.24, 2.45) is 5.92 Å². The van der Waals surface area contributed by atoms with E-state index in [1.807, 2.05) is 24.3 Å². The van der Waals surface area contributed by atoms with Crippen molar-refractivity contribution < 1.29 is 14.2 Å². The smallest absolute Gasteiger partial charge is 0.165 e. The van der Waals surface area contributed by atoms with Crippen LogP contribution in [0.2, 0.25) is 0 Å². The Hall–Kier alpha value is -2.20. The molecule has 4 heteroatoms. The Labute approximate surface area is 142 Å². The number of ether oxygens (including phenoxy) is 3. The van der Waals surface area contributed by atoms with E-state index in [4.69, 9.17) is 14.2 Å². The van der Waals surface area contributed by atoms with Crippen molar-refractivity contribution in [1.29, 1.82) is 0 Å². The highest BCUT2D eigenvalue weighted by atomic mass is 16.6. The molecule has 1 fully saturated rings. The lowest BCUT2D eigenvalue weighted by molar-refractivity contribution is 0.169. The number of benzene rings is 2. The molecule has 0 aromatic heterocycles. The van der Waals surface area contributed by atoms with Gasteiger partial charge in [-0.1, -0.05) is 24.3 Å². The largest absolute Gasteiger partial charge is 0.497 e. The Bertz CT molecular complexity index is 695. The highest BCUT2D eigenvalue weighted by molar-refractivity contribution is 5.47. The highest BCUT2D eigenvalue weighted by Gasteiger charge is 2.32. The van der Waals surface area contributed by atoms with Gasteiger partial charge in [-0.3, -0.25) is 0 Å². The van der Waals surface area contributed by atoms with Crippen molar-refractivity contribution in [3.05, 3.63) is 53.6 Å². The predicted octanol–water partition coefficient (Wildman–Crippen LogP) is 3.71. The van der Waals surface area contributed by atoms with Crippen LogP contribution in [0.5, 0.6) is 17.2 Å². The summed E-state index contributed by atoms with van der Waals surface area (Å²) in [7, 11) is 1.70. The number of rotatable bonds is 6. The minimum absolute atomic E-state index is 0.372. The first kappa shape index (κ1) is 15.3. The molecule has 1 atom stereocenters. The molecule has 1 aliphatic heterocycles. The van der Waals surface area contributed by atoms with Crippen LogP contribution in [-0.2, 0) is 6.54 Å². The van der Waals surface area contributed by atoms with Gasteiger partial charge in [0.2, 0.25) is 0 Å². The molecular weight excluding hydrogens is 302 g/mol. The second-order valence-corrected chi connectivity index (χ2v) is 6.41. The van der Waals surface area contributed by atoms with Crippen molar-refractivity contribution >= 4 is 0 Å². The van der Waals surface area contributed by atoms with Gasteiger partial charge in [-0.25, -0.2) is 0 Å². The minimum Gasteiger partial charge on any atom is -0.497 e. The van der Waals surface area contributed by atoms with E-state index in [0.717, 1.165) is 35.3 Å². The third-order valence-electron chi connectivity index (χ3n) is 4.73. The van der Waals surface area contributed by atoms with Crippen LogP contribution in [0.4, 0.5) is 0 Å². The van der Waals surface area contributed by atoms with Crippen molar-refractivity contribution in [3.63, 3.8) is 0 Å². The Morgan fingerprint density at radius 3 is 2.62 bits per heavy atom. The molecule has 1 unspecified atom stereocenters. The second kappa shape index (κ2) is 6.73. The monoisotopic (exact) mass is 325 g/mol. The summed E-state index contributed by atoms with van der Waals surface area (Å²) in [6, 6.07) is 14.9. The Kier molecular flexibility index (Phi) is 4.30. The molecule has 2 aromatic rings. The summed E-state index contributed by atoms with van der Waals surface area (Å²) < 4.78 is 16.8. The molecule has 0 amide bonds. The van der Waals surface area contributed by atoms with Crippen molar-refractivity contribution in [3.8, 4) is 17.2 Å². The fourth-order valence-corrected chi connectivity index (χ4v) is 3.29. The van der Waals surface area contributed by atoms with Crippen LogP contribution in [0.3, 0.4) is 0 Å². The van der Waals surface area contributed by atoms with Crippen LogP contribution in [0.25, 0.3) is 0 Å². The minimum atomic E-state index is 0.372. The lowest BCUT2D eigenvalue weighted by atomic mass is 10.0. The van der Waals surface area contributed by atoms with Gasteiger partial charge in [-0.15, -0.1) is 0 Å². The molecule has 0 radical (unpaired) electrons. The van der Waals surface area contributed by atoms with E-state index in [1.54, 1.807) is 7.11 Å². The predicted molar refractivity (Wildman–Crippen MR) is 92.7 cm³/mol. The van der Waals surface area contributed by atoms with Crippen LogP contribution in [-0.4, -0.2) is 20.3 Å². The van der Waals surface area contributed by atoms with Gasteiger partial charge in [0.05, 0.1) is 7.11 Å². The van der Waals surface area contributed by atoms with Crippen molar-refractivity contribution in [2.45, 2.75) is 25.4 Å². The van der Waals surface area contributed by atoms with E-state index < -0.39 is 0 Å². The number of para-hydroxylation sites is 1. The van der Waals surface area contributed by atoms with Crippen molar-refractivity contribution in [2.75, 3.05) is 20.3 Å². The van der Waals surface area contributed by atoms with E-state index >= 15 is 0 Å². The van der Waals surface area contributed by atoms with Crippen molar-refractivity contribution in [1.82, 2.24) is 5.32 Å². The van der Waals surface area contributed by atoms with E-state index in [0.29, 0.717) is 19.3 Å². The molecule has 0 saturated heterocycles. The lowest BCUT2D eigenvalue weighted by Gasteiger charge is -2.23. The van der Waals surface area contributed by atoms with Gasteiger partial charge in [-0.2, -0.15) is 0 Å². The molecule has 1 saturated carbocycles. The first-order valence-electron chi connectivity index (χ1n) is 8.60. The van der Waals surface area contributed by atoms with Crippen LogP contribution in [0.15, 0.2) is 42.5 Å². The summed E-state index contributed by atoms with van der Waals surface area (Å²) in [5, 5.41) is 3.73. The Morgan fingerprint density at radius 1 is 1.08 bits per heavy atom. The SMILES string of the molecule is COc1ccc(C(NCc2cccc3c2OCCO3)C2CC2)cc1. The molecule has 0 bridgehead atoms. The summed E-state index contributed by atoms with van der Waals surface area (Å²) in [6.45, 7) is 2.02. The summed E-state index contributed by atoms with van der Waals surface area (Å²) in [4.78, 5) is 0. The van der Waals surface area contributed by atoms with Gasteiger partial charge in [0, 0.05) is 18.2 Å². The normalized spacial score (nSPS) is 17.4. The maximum Gasteiger partial charge on any atom is 0.165 e. The van der Waals surface area contributed by atoms with Crippen LogP contribution in [0, 0.1) is 5.92 Å². The molecule has 2 aliphatic rings. The third kappa shape index (κ3) is 3.20.